The minimum atomic E-state index is -1.24. The molecule has 1 fully saturated rings. The number of carboxylic acid groups (broad SMARTS) is 1. The van der Waals surface area contributed by atoms with Gasteiger partial charge in [-0.25, -0.2) is 4.79 Å². The third-order valence-electron chi connectivity index (χ3n) is 1.93. The van der Waals surface area contributed by atoms with Crippen LogP contribution in [0.25, 0.3) is 0 Å². The van der Waals surface area contributed by atoms with Crippen molar-refractivity contribution in [2.24, 2.45) is 5.73 Å². The molecule has 14 heavy (non-hydrogen) atoms. The summed E-state index contributed by atoms with van der Waals surface area (Å²) in [7, 11) is 1.46. The topological polar surface area (TPSA) is 104 Å². The van der Waals surface area contributed by atoms with Crippen molar-refractivity contribution in [3.05, 3.63) is 0 Å². The van der Waals surface area contributed by atoms with Crippen LogP contribution in [0, 0.1) is 0 Å². The van der Waals surface area contributed by atoms with E-state index in [-0.39, 0.29) is 13.1 Å². The number of nitrogens with zero attached hydrogens (tertiary/aromatic N) is 2. The Morgan fingerprint density at radius 3 is 2.57 bits per heavy atom. The van der Waals surface area contributed by atoms with Crippen LogP contribution in [-0.2, 0) is 9.59 Å². The van der Waals surface area contributed by atoms with Crippen molar-refractivity contribution in [3.63, 3.8) is 0 Å². The number of likely N-dealkylation sites (N-methyl/N-ethyl adjacent to an activating group) is 1. The summed E-state index contributed by atoms with van der Waals surface area (Å²) in [6, 6.07) is -1.74. The molecule has 1 aliphatic heterocycles. The first kappa shape index (κ1) is 10.5. The summed E-state index contributed by atoms with van der Waals surface area (Å²) in [5.41, 5.74) is 5.20. The Labute approximate surface area is 80.1 Å². The number of nitrogens with two attached hydrogens (primary N) is 1. The summed E-state index contributed by atoms with van der Waals surface area (Å²) >= 11 is 0. The highest BCUT2D eigenvalue weighted by molar-refractivity contribution is 6.02. The lowest BCUT2D eigenvalue weighted by Gasteiger charge is -2.16. The van der Waals surface area contributed by atoms with Crippen LogP contribution in [0.5, 0.6) is 0 Å². The molecule has 1 unspecified atom stereocenters. The van der Waals surface area contributed by atoms with Crippen molar-refractivity contribution in [3.8, 4) is 0 Å². The fourth-order valence-corrected chi connectivity index (χ4v) is 1.12. The number of rotatable bonds is 3. The number of urea groups is 1. The number of hydrogen-bond acceptors (Lipinski definition) is 4. The van der Waals surface area contributed by atoms with Crippen LogP contribution in [-0.4, -0.2) is 59.0 Å². The third-order valence-corrected chi connectivity index (χ3v) is 1.93. The Bertz CT molecular complexity index is 291. The molecule has 7 nitrogen and oxygen atoms in total. The van der Waals surface area contributed by atoms with E-state index in [4.69, 9.17) is 10.8 Å². The van der Waals surface area contributed by atoms with E-state index >= 15 is 0 Å². The van der Waals surface area contributed by atoms with Crippen LogP contribution in [0.1, 0.15) is 0 Å². The van der Waals surface area contributed by atoms with Gasteiger partial charge in [-0.1, -0.05) is 0 Å². The molecule has 3 amide bonds. The van der Waals surface area contributed by atoms with Crippen molar-refractivity contribution in [2.45, 2.75) is 6.04 Å². The Hall–Kier alpha value is -1.63. The molecule has 1 saturated heterocycles. The van der Waals surface area contributed by atoms with Gasteiger partial charge in [-0.05, 0) is 0 Å². The molecule has 0 radical (unpaired) electrons. The standard InChI is InChI=1S/C7H11N3O4/c1-9-3-5(11)10(7(9)14)2-4(8)6(12)13/h4H,2-3,8H2,1H3,(H,12,13). The number of aliphatic carboxylic acids is 1. The highest BCUT2D eigenvalue weighted by Crippen LogP contribution is 2.07. The second kappa shape index (κ2) is 3.62. The number of carbonyl (C=O) groups excluding carboxylic acids is 2. The highest BCUT2D eigenvalue weighted by atomic mass is 16.4. The zero-order valence-corrected chi connectivity index (χ0v) is 7.64. The summed E-state index contributed by atoms with van der Waals surface area (Å²) in [5, 5.41) is 8.49. The van der Waals surface area contributed by atoms with E-state index in [0.717, 1.165) is 4.90 Å². The molecule has 0 aromatic heterocycles. The zero-order chi connectivity index (χ0) is 10.9. The summed E-state index contributed by atoms with van der Waals surface area (Å²) in [4.78, 5) is 34.9. The van der Waals surface area contributed by atoms with Gasteiger partial charge in [0, 0.05) is 7.05 Å². The number of imide groups is 1. The van der Waals surface area contributed by atoms with Gasteiger partial charge in [-0.15, -0.1) is 0 Å². The van der Waals surface area contributed by atoms with Crippen molar-refractivity contribution >= 4 is 17.9 Å². The number of carbonyl (C=O) groups is 3. The van der Waals surface area contributed by atoms with Crippen LogP contribution in [0.4, 0.5) is 4.79 Å². The molecular formula is C7H11N3O4. The van der Waals surface area contributed by atoms with E-state index in [2.05, 4.69) is 0 Å². The average Bonchev–Trinajstić information content (AvgIpc) is 2.32. The van der Waals surface area contributed by atoms with Crippen molar-refractivity contribution in [1.29, 1.82) is 0 Å². The lowest BCUT2D eigenvalue weighted by molar-refractivity contribution is -0.139. The molecule has 0 aliphatic carbocycles. The fourth-order valence-electron chi connectivity index (χ4n) is 1.12. The molecule has 1 heterocycles. The Balaban J connectivity index is 2.65. The molecule has 78 valence electrons. The highest BCUT2D eigenvalue weighted by Gasteiger charge is 2.35. The largest absolute Gasteiger partial charge is 0.480 e. The second-order valence-electron chi connectivity index (χ2n) is 3.09. The monoisotopic (exact) mass is 201 g/mol. The van der Waals surface area contributed by atoms with Gasteiger partial charge in [0.1, 0.15) is 12.6 Å². The maximum Gasteiger partial charge on any atom is 0.327 e. The number of carboxylic acids is 1. The molecule has 7 heteroatoms. The Morgan fingerprint density at radius 1 is 1.64 bits per heavy atom. The summed E-state index contributed by atoms with van der Waals surface area (Å²) in [5.74, 6) is -1.66. The first-order valence-corrected chi connectivity index (χ1v) is 3.97. The molecule has 0 bridgehead atoms. The SMILES string of the molecule is CN1CC(=O)N(CC(N)C(=O)O)C1=O. The maximum atomic E-state index is 11.3. The fraction of sp³-hybridized carbons (Fsp3) is 0.571. The van der Waals surface area contributed by atoms with Gasteiger partial charge < -0.3 is 15.7 Å². The van der Waals surface area contributed by atoms with E-state index in [9.17, 15) is 14.4 Å². The molecule has 1 atom stereocenters. The molecule has 0 aromatic rings. The van der Waals surface area contributed by atoms with E-state index in [1.165, 1.54) is 11.9 Å². The quantitative estimate of drug-likeness (QED) is 0.529. The Morgan fingerprint density at radius 2 is 2.21 bits per heavy atom. The molecule has 3 N–H and O–H groups in total. The van der Waals surface area contributed by atoms with Crippen LogP contribution in [0.2, 0.25) is 0 Å². The van der Waals surface area contributed by atoms with Crippen LogP contribution >= 0.6 is 0 Å². The number of amides is 3. The molecule has 1 rings (SSSR count). The maximum absolute atomic E-state index is 11.3. The molecule has 0 aromatic carbocycles. The smallest absolute Gasteiger partial charge is 0.327 e. The second-order valence-corrected chi connectivity index (χ2v) is 3.09. The predicted octanol–water partition coefficient (Wildman–Crippen LogP) is -1.71. The minimum Gasteiger partial charge on any atom is -0.480 e. The zero-order valence-electron chi connectivity index (χ0n) is 7.64. The van der Waals surface area contributed by atoms with E-state index in [1.54, 1.807) is 0 Å². The van der Waals surface area contributed by atoms with Gasteiger partial charge in [-0.2, -0.15) is 0 Å². The van der Waals surface area contributed by atoms with Crippen LogP contribution < -0.4 is 5.73 Å². The number of hydrogen-bond donors (Lipinski definition) is 2. The average molecular weight is 201 g/mol. The molecular weight excluding hydrogens is 190 g/mol. The van der Waals surface area contributed by atoms with Gasteiger partial charge in [0.05, 0.1) is 6.54 Å². The van der Waals surface area contributed by atoms with E-state index in [0.29, 0.717) is 0 Å². The van der Waals surface area contributed by atoms with E-state index < -0.39 is 23.9 Å². The lowest BCUT2D eigenvalue weighted by Crippen LogP contribution is -2.45. The van der Waals surface area contributed by atoms with Gasteiger partial charge in [0.2, 0.25) is 5.91 Å². The molecule has 1 aliphatic rings. The van der Waals surface area contributed by atoms with Gasteiger partial charge in [0.15, 0.2) is 0 Å². The first-order chi connectivity index (χ1) is 6.43. The van der Waals surface area contributed by atoms with Crippen molar-refractivity contribution in [2.75, 3.05) is 20.1 Å². The normalized spacial score (nSPS) is 19.0. The Kier molecular flexibility index (Phi) is 2.70. The molecule has 0 spiro atoms. The van der Waals surface area contributed by atoms with Crippen molar-refractivity contribution in [1.82, 2.24) is 9.80 Å². The predicted molar refractivity (Wildman–Crippen MR) is 45.4 cm³/mol. The third kappa shape index (κ3) is 1.82. The summed E-state index contributed by atoms with van der Waals surface area (Å²) in [6.07, 6.45) is 0. The summed E-state index contributed by atoms with van der Waals surface area (Å²) < 4.78 is 0. The van der Waals surface area contributed by atoms with E-state index in [1.807, 2.05) is 0 Å². The first-order valence-electron chi connectivity index (χ1n) is 3.97. The van der Waals surface area contributed by atoms with Crippen molar-refractivity contribution < 1.29 is 19.5 Å². The lowest BCUT2D eigenvalue weighted by atomic mass is 10.3. The van der Waals surface area contributed by atoms with Crippen LogP contribution in [0.3, 0.4) is 0 Å². The van der Waals surface area contributed by atoms with Gasteiger partial charge in [0.25, 0.3) is 0 Å². The van der Waals surface area contributed by atoms with Gasteiger partial charge >= 0.3 is 12.0 Å². The van der Waals surface area contributed by atoms with Crippen LogP contribution in [0.15, 0.2) is 0 Å². The van der Waals surface area contributed by atoms with Gasteiger partial charge in [-0.3, -0.25) is 14.5 Å². The minimum absolute atomic E-state index is 0.0226. The molecule has 0 saturated carbocycles. The summed E-state index contributed by atoms with van der Waals surface area (Å²) in [6.45, 7) is -0.303.